The van der Waals surface area contributed by atoms with Gasteiger partial charge in [-0.05, 0) is 43.5 Å². The Morgan fingerprint density at radius 2 is 1.95 bits per heavy atom. The van der Waals surface area contributed by atoms with Crippen LogP contribution >= 0.6 is 0 Å². The van der Waals surface area contributed by atoms with Crippen molar-refractivity contribution in [2.75, 3.05) is 19.0 Å². The minimum atomic E-state index is -0.897. The van der Waals surface area contributed by atoms with E-state index in [-0.39, 0.29) is 12.6 Å². The SMILES string of the molecule is COc1ccc(NC(=O)NCC(C)(O)CC(C)C)cc1. The zero-order valence-corrected chi connectivity index (χ0v) is 12.6. The van der Waals surface area contributed by atoms with Gasteiger partial charge in [-0.3, -0.25) is 0 Å². The van der Waals surface area contributed by atoms with Gasteiger partial charge in [0.2, 0.25) is 0 Å². The lowest BCUT2D eigenvalue weighted by Crippen LogP contribution is -2.43. The number of nitrogens with one attached hydrogen (secondary N) is 2. The van der Waals surface area contributed by atoms with Gasteiger partial charge in [0, 0.05) is 12.2 Å². The molecule has 0 aliphatic rings. The lowest BCUT2D eigenvalue weighted by molar-refractivity contribution is 0.0413. The fourth-order valence-corrected chi connectivity index (χ4v) is 2.07. The van der Waals surface area contributed by atoms with E-state index in [2.05, 4.69) is 10.6 Å². The Kier molecular flexibility index (Phi) is 5.82. The predicted molar refractivity (Wildman–Crippen MR) is 80.1 cm³/mol. The van der Waals surface area contributed by atoms with Gasteiger partial charge in [0.25, 0.3) is 0 Å². The molecule has 1 atom stereocenters. The Morgan fingerprint density at radius 3 is 2.45 bits per heavy atom. The minimum absolute atomic E-state index is 0.215. The molecule has 1 aromatic carbocycles. The Labute approximate surface area is 120 Å². The molecule has 112 valence electrons. The molecule has 0 heterocycles. The maximum atomic E-state index is 11.7. The first-order valence-electron chi connectivity index (χ1n) is 6.74. The van der Waals surface area contributed by atoms with Crippen molar-refractivity contribution in [1.82, 2.24) is 5.32 Å². The third-order valence-corrected chi connectivity index (χ3v) is 2.83. The van der Waals surface area contributed by atoms with Crippen LogP contribution in [0.4, 0.5) is 10.5 Å². The normalized spacial score (nSPS) is 13.7. The topological polar surface area (TPSA) is 70.6 Å². The molecule has 2 amide bonds. The summed E-state index contributed by atoms with van der Waals surface area (Å²) in [5.74, 6) is 1.10. The van der Waals surface area contributed by atoms with Crippen LogP contribution in [0.1, 0.15) is 27.2 Å². The Morgan fingerprint density at radius 1 is 1.35 bits per heavy atom. The number of methoxy groups -OCH3 is 1. The van der Waals surface area contributed by atoms with Crippen molar-refractivity contribution in [1.29, 1.82) is 0 Å². The van der Waals surface area contributed by atoms with Crippen LogP contribution in [-0.2, 0) is 0 Å². The van der Waals surface area contributed by atoms with E-state index in [1.165, 1.54) is 0 Å². The van der Waals surface area contributed by atoms with Crippen LogP contribution in [0, 0.1) is 5.92 Å². The summed E-state index contributed by atoms with van der Waals surface area (Å²) in [6, 6.07) is 6.71. The summed E-state index contributed by atoms with van der Waals surface area (Å²) in [6.07, 6.45) is 0.635. The summed E-state index contributed by atoms with van der Waals surface area (Å²) in [4.78, 5) is 11.7. The van der Waals surface area contributed by atoms with Crippen LogP contribution in [0.15, 0.2) is 24.3 Å². The van der Waals surface area contributed by atoms with Gasteiger partial charge in [-0.15, -0.1) is 0 Å². The van der Waals surface area contributed by atoms with E-state index in [0.717, 1.165) is 5.75 Å². The first kappa shape index (κ1) is 16.3. The van der Waals surface area contributed by atoms with Crippen LogP contribution < -0.4 is 15.4 Å². The van der Waals surface area contributed by atoms with Crippen molar-refractivity contribution in [3.05, 3.63) is 24.3 Å². The van der Waals surface area contributed by atoms with Gasteiger partial charge in [0.15, 0.2) is 0 Å². The summed E-state index contributed by atoms with van der Waals surface area (Å²) in [5.41, 5.74) is -0.224. The molecule has 0 aromatic heterocycles. The average Bonchev–Trinajstić information content (AvgIpc) is 2.36. The summed E-state index contributed by atoms with van der Waals surface area (Å²) in [6.45, 7) is 6.01. The quantitative estimate of drug-likeness (QED) is 0.750. The Bertz CT molecular complexity index is 427. The molecule has 0 spiro atoms. The maximum Gasteiger partial charge on any atom is 0.319 e. The van der Waals surface area contributed by atoms with Gasteiger partial charge in [0.1, 0.15) is 5.75 Å². The number of amides is 2. The summed E-state index contributed by atoms with van der Waals surface area (Å²) in [7, 11) is 1.59. The number of aliphatic hydroxyl groups is 1. The van der Waals surface area contributed by atoms with Gasteiger partial charge in [-0.2, -0.15) is 0 Å². The van der Waals surface area contributed by atoms with Crippen molar-refractivity contribution in [2.24, 2.45) is 5.92 Å². The molecule has 0 fully saturated rings. The van der Waals surface area contributed by atoms with Gasteiger partial charge >= 0.3 is 6.03 Å². The first-order valence-corrected chi connectivity index (χ1v) is 6.74. The van der Waals surface area contributed by atoms with E-state index in [1.807, 2.05) is 13.8 Å². The van der Waals surface area contributed by atoms with Gasteiger partial charge in [-0.25, -0.2) is 4.79 Å². The van der Waals surface area contributed by atoms with Crippen molar-refractivity contribution < 1.29 is 14.6 Å². The summed E-state index contributed by atoms with van der Waals surface area (Å²) in [5, 5.41) is 15.5. The molecule has 20 heavy (non-hydrogen) atoms. The molecule has 1 aromatic rings. The van der Waals surface area contributed by atoms with Gasteiger partial charge in [0.05, 0.1) is 12.7 Å². The Hall–Kier alpha value is -1.75. The van der Waals surface area contributed by atoms with Crippen LogP contribution in [0.25, 0.3) is 0 Å². The van der Waals surface area contributed by atoms with E-state index in [9.17, 15) is 9.90 Å². The van der Waals surface area contributed by atoms with E-state index in [4.69, 9.17) is 4.74 Å². The van der Waals surface area contributed by atoms with Crippen LogP contribution in [0.5, 0.6) is 5.75 Å². The number of urea groups is 1. The number of hydrogen-bond acceptors (Lipinski definition) is 3. The molecular weight excluding hydrogens is 256 g/mol. The molecule has 0 saturated heterocycles. The number of rotatable bonds is 6. The minimum Gasteiger partial charge on any atom is -0.497 e. The zero-order chi connectivity index (χ0) is 15.2. The van der Waals surface area contributed by atoms with E-state index in [0.29, 0.717) is 18.0 Å². The highest BCUT2D eigenvalue weighted by Crippen LogP contribution is 2.16. The second-order valence-corrected chi connectivity index (χ2v) is 5.63. The largest absolute Gasteiger partial charge is 0.497 e. The van der Waals surface area contributed by atoms with Gasteiger partial charge < -0.3 is 20.5 Å². The first-order chi connectivity index (χ1) is 9.32. The third-order valence-electron chi connectivity index (χ3n) is 2.83. The smallest absolute Gasteiger partial charge is 0.319 e. The van der Waals surface area contributed by atoms with Crippen LogP contribution in [0.3, 0.4) is 0 Å². The van der Waals surface area contributed by atoms with E-state index in [1.54, 1.807) is 38.3 Å². The Balaban J connectivity index is 2.43. The lowest BCUT2D eigenvalue weighted by Gasteiger charge is -2.25. The second-order valence-electron chi connectivity index (χ2n) is 5.63. The number of carbonyl (C=O) groups excluding carboxylic acids is 1. The van der Waals surface area contributed by atoms with Crippen molar-refractivity contribution in [3.63, 3.8) is 0 Å². The molecular formula is C15H24N2O3. The van der Waals surface area contributed by atoms with E-state index >= 15 is 0 Å². The molecule has 0 aliphatic carbocycles. The van der Waals surface area contributed by atoms with Crippen molar-refractivity contribution in [2.45, 2.75) is 32.8 Å². The highest BCUT2D eigenvalue weighted by Gasteiger charge is 2.22. The summed E-state index contributed by atoms with van der Waals surface area (Å²) >= 11 is 0. The molecule has 1 unspecified atom stereocenters. The number of ether oxygens (including phenoxy) is 1. The van der Waals surface area contributed by atoms with Crippen molar-refractivity contribution >= 4 is 11.7 Å². The molecule has 0 saturated carbocycles. The highest BCUT2D eigenvalue weighted by atomic mass is 16.5. The summed E-state index contributed by atoms with van der Waals surface area (Å²) < 4.78 is 5.04. The molecule has 1 rings (SSSR count). The van der Waals surface area contributed by atoms with Crippen LogP contribution in [-0.4, -0.2) is 30.4 Å². The number of benzene rings is 1. The fraction of sp³-hybridized carbons (Fsp3) is 0.533. The molecule has 5 nitrogen and oxygen atoms in total. The average molecular weight is 280 g/mol. The molecule has 3 N–H and O–H groups in total. The molecule has 0 aliphatic heterocycles. The predicted octanol–water partition coefficient (Wildman–Crippen LogP) is 2.61. The standard InChI is InChI=1S/C15H24N2O3/c1-11(2)9-15(3,19)10-16-14(18)17-12-5-7-13(20-4)8-6-12/h5-8,11,19H,9-10H2,1-4H3,(H2,16,17,18). The molecule has 5 heteroatoms. The zero-order valence-electron chi connectivity index (χ0n) is 12.6. The number of anilines is 1. The van der Waals surface area contributed by atoms with Crippen molar-refractivity contribution in [3.8, 4) is 5.75 Å². The van der Waals surface area contributed by atoms with E-state index < -0.39 is 5.60 Å². The maximum absolute atomic E-state index is 11.7. The van der Waals surface area contributed by atoms with Crippen LogP contribution in [0.2, 0.25) is 0 Å². The molecule has 0 bridgehead atoms. The van der Waals surface area contributed by atoms with Gasteiger partial charge in [-0.1, -0.05) is 13.8 Å². The monoisotopic (exact) mass is 280 g/mol. The number of carbonyl (C=O) groups is 1. The number of hydrogen-bond donors (Lipinski definition) is 3. The lowest BCUT2D eigenvalue weighted by atomic mass is 9.94. The highest BCUT2D eigenvalue weighted by molar-refractivity contribution is 5.89. The third kappa shape index (κ3) is 5.93. The molecule has 0 radical (unpaired) electrons. The second kappa shape index (κ2) is 7.14. The fourth-order valence-electron chi connectivity index (χ4n) is 2.07.